The molecule has 0 atom stereocenters. The lowest BCUT2D eigenvalue weighted by atomic mass is 10.2. The van der Waals surface area contributed by atoms with Gasteiger partial charge in [-0.05, 0) is 30.2 Å². The highest BCUT2D eigenvalue weighted by atomic mass is 32.2. The molecule has 1 N–H and O–H groups in total. The second-order valence-corrected chi connectivity index (χ2v) is 6.29. The van der Waals surface area contributed by atoms with Gasteiger partial charge in [0.15, 0.2) is 0 Å². The molecule has 0 radical (unpaired) electrons. The van der Waals surface area contributed by atoms with E-state index in [0.717, 1.165) is 18.0 Å². The summed E-state index contributed by atoms with van der Waals surface area (Å²) >= 11 is 1.58. The average molecular weight is 280 g/mol. The summed E-state index contributed by atoms with van der Waals surface area (Å²) < 4.78 is 0. The van der Waals surface area contributed by atoms with Crippen LogP contribution in [0, 0.1) is 5.92 Å². The Hall–Kier alpha value is -1.00. The predicted molar refractivity (Wildman–Crippen MR) is 82.4 cm³/mol. The Kier molecular flexibility index (Phi) is 6.95. The van der Waals surface area contributed by atoms with Gasteiger partial charge in [0, 0.05) is 25.5 Å². The molecule has 0 bridgehead atoms. The zero-order chi connectivity index (χ0) is 14.3. The number of thioether (sulfide) groups is 1. The van der Waals surface area contributed by atoms with Gasteiger partial charge < -0.3 is 10.2 Å². The number of carbonyl (C=O) groups excluding carboxylic acids is 1. The molecule has 0 fully saturated rings. The summed E-state index contributed by atoms with van der Waals surface area (Å²) in [4.78, 5) is 14.2. The second kappa shape index (κ2) is 8.23. The normalized spacial score (nSPS) is 10.8. The van der Waals surface area contributed by atoms with Gasteiger partial charge >= 0.3 is 0 Å². The second-order valence-electron chi connectivity index (χ2n) is 5.25. The van der Waals surface area contributed by atoms with Crippen molar-refractivity contribution in [1.29, 1.82) is 0 Å². The average Bonchev–Trinajstić information content (AvgIpc) is 2.37. The fraction of sp³-hybridized carbons (Fsp3) is 0.533. The van der Waals surface area contributed by atoms with Crippen molar-refractivity contribution in [1.82, 2.24) is 10.2 Å². The molecule has 0 unspecified atom stereocenters. The maximum atomic E-state index is 11.5. The summed E-state index contributed by atoms with van der Waals surface area (Å²) in [6.07, 6.45) is 0. The van der Waals surface area contributed by atoms with Crippen molar-refractivity contribution in [2.24, 2.45) is 5.92 Å². The van der Waals surface area contributed by atoms with E-state index in [1.165, 1.54) is 5.56 Å². The van der Waals surface area contributed by atoms with Crippen molar-refractivity contribution in [3.05, 3.63) is 29.8 Å². The van der Waals surface area contributed by atoms with Crippen LogP contribution in [0.2, 0.25) is 0 Å². The van der Waals surface area contributed by atoms with Gasteiger partial charge in [-0.3, -0.25) is 4.79 Å². The molecule has 19 heavy (non-hydrogen) atoms. The van der Waals surface area contributed by atoms with Gasteiger partial charge in [-0.25, -0.2) is 0 Å². The van der Waals surface area contributed by atoms with Crippen LogP contribution < -0.4 is 5.32 Å². The SMILES string of the molecule is CC(C)CNCc1ccc(SCC(=O)N(C)C)cc1. The Labute approximate surface area is 120 Å². The molecule has 1 rings (SSSR count). The van der Waals surface area contributed by atoms with Crippen molar-refractivity contribution in [3.8, 4) is 0 Å². The van der Waals surface area contributed by atoms with E-state index in [4.69, 9.17) is 0 Å². The lowest BCUT2D eigenvalue weighted by Crippen LogP contribution is -2.23. The van der Waals surface area contributed by atoms with E-state index < -0.39 is 0 Å². The van der Waals surface area contributed by atoms with Crippen LogP contribution in [0.15, 0.2) is 29.2 Å². The zero-order valence-corrected chi connectivity index (χ0v) is 13.1. The molecule has 0 heterocycles. The van der Waals surface area contributed by atoms with Crippen LogP contribution in [0.5, 0.6) is 0 Å². The summed E-state index contributed by atoms with van der Waals surface area (Å²) in [6, 6.07) is 8.41. The quantitative estimate of drug-likeness (QED) is 0.779. The largest absolute Gasteiger partial charge is 0.348 e. The molecule has 4 heteroatoms. The molecule has 1 aromatic carbocycles. The number of benzene rings is 1. The Morgan fingerprint density at radius 2 is 1.89 bits per heavy atom. The van der Waals surface area contributed by atoms with E-state index in [2.05, 4.69) is 43.4 Å². The first-order chi connectivity index (χ1) is 8.99. The predicted octanol–water partition coefficient (Wildman–Crippen LogP) is 2.61. The van der Waals surface area contributed by atoms with Crippen LogP contribution >= 0.6 is 11.8 Å². The Bertz CT molecular complexity index is 388. The third-order valence-electron chi connectivity index (χ3n) is 2.67. The molecule has 3 nitrogen and oxygen atoms in total. The third kappa shape index (κ3) is 6.64. The number of hydrogen-bond acceptors (Lipinski definition) is 3. The molecule has 0 aliphatic heterocycles. The van der Waals surface area contributed by atoms with E-state index in [9.17, 15) is 4.79 Å². The van der Waals surface area contributed by atoms with Gasteiger partial charge in [-0.2, -0.15) is 0 Å². The van der Waals surface area contributed by atoms with E-state index >= 15 is 0 Å². The highest BCUT2D eigenvalue weighted by Crippen LogP contribution is 2.18. The first kappa shape index (κ1) is 16.1. The highest BCUT2D eigenvalue weighted by Gasteiger charge is 2.04. The summed E-state index contributed by atoms with van der Waals surface area (Å²) in [5.74, 6) is 1.32. The Morgan fingerprint density at radius 3 is 2.42 bits per heavy atom. The van der Waals surface area contributed by atoms with E-state index in [1.54, 1.807) is 30.8 Å². The van der Waals surface area contributed by atoms with Crippen LogP contribution in [0.3, 0.4) is 0 Å². The van der Waals surface area contributed by atoms with Crippen LogP contribution in [0.25, 0.3) is 0 Å². The van der Waals surface area contributed by atoms with Crippen molar-refractivity contribution in [3.63, 3.8) is 0 Å². The molecule has 1 aromatic rings. The summed E-state index contributed by atoms with van der Waals surface area (Å²) in [5, 5.41) is 3.42. The van der Waals surface area contributed by atoms with Gasteiger partial charge in [0.25, 0.3) is 0 Å². The van der Waals surface area contributed by atoms with Gasteiger partial charge in [0.2, 0.25) is 5.91 Å². The molecule has 0 saturated carbocycles. The smallest absolute Gasteiger partial charge is 0.232 e. The topological polar surface area (TPSA) is 32.3 Å². The third-order valence-corrected chi connectivity index (χ3v) is 3.66. The Balaban J connectivity index is 2.37. The first-order valence-corrected chi connectivity index (χ1v) is 7.60. The monoisotopic (exact) mass is 280 g/mol. The first-order valence-electron chi connectivity index (χ1n) is 6.61. The summed E-state index contributed by atoms with van der Waals surface area (Å²) in [7, 11) is 3.57. The molecule has 106 valence electrons. The molecule has 1 amide bonds. The number of rotatable bonds is 7. The lowest BCUT2D eigenvalue weighted by Gasteiger charge is -2.10. The molecule has 0 aliphatic carbocycles. The molecule has 0 aromatic heterocycles. The minimum atomic E-state index is 0.146. The van der Waals surface area contributed by atoms with Crippen LogP contribution in [0.4, 0.5) is 0 Å². The zero-order valence-electron chi connectivity index (χ0n) is 12.3. The molecule has 0 saturated heterocycles. The molecule has 0 spiro atoms. The van der Waals surface area contributed by atoms with Crippen LogP contribution in [0.1, 0.15) is 19.4 Å². The van der Waals surface area contributed by atoms with E-state index in [0.29, 0.717) is 11.7 Å². The number of nitrogens with one attached hydrogen (secondary N) is 1. The minimum Gasteiger partial charge on any atom is -0.348 e. The maximum Gasteiger partial charge on any atom is 0.232 e. The van der Waals surface area contributed by atoms with Gasteiger partial charge in [-0.15, -0.1) is 11.8 Å². The number of carbonyl (C=O) groups is 1. The van der Waals surface area contributed by atoms with Crippen molar-refractivity contribution < 1.29 is 4.79 Å². The summed E-state index contributed by atoms with van der Waals surface area (Å²) in [5.41, 5.74) is 1.28. The van der Waals surface area contributed by atoms with Crippen molar-refractivity contribution >= 4 is 17.7 Å². The van der Waals surface area contributed by atoms with Crippen LogP contribution in [-0.4, -0.2) is 37.2 Å². The number of hydrogen-bond donors (Lipinski definition) is 1. The number of amides is 1. The molecular formula is C15H24N2OS. The Morgan fingerprint density at radius 1 is 1.26 bits per heavy atom. The van der Waals surface area contributed by atoms with Crippen molar-refractivity contribution in [2.75, 3.05) is 26.4 Å². The molecule has 0 aliphatic rings. The standard InChI is InChI=1S/C15H24N2OS/c1-12(2)9-16-10-13-5-7-14(8-6-13)19-11-15(18)17(3)4/h5-8,12,16H,9-11H2,1-4H3. The van der Waals surface area contributed by atoms with E-state index in [1.807, 2.05) is 0 Å². The molecular weight excluding hydrogens is 256 g/mol. The minimum absolute atomic E-state index is 0.146. The van der Waals surface area contributed by atoms with Gasteiger partial charge in [0.1, 0.15) is 0 Å². The highest BCUT2D eigenvalue weighted by molar-refractivity contribution is 8.00. The maximum absolute atomic E-state index is 11.5. The lowest BCUT2D eigenvalue weighted by molar-refractivity contribution is -0.125. The fourth-order valence-corrected chi connectivity index (χ4v) is 2.36. The van der Waals surface area contributed by atoms with Crippen LogP contribution in [-0.2, 0) is 11.3 Å². The van der Waals surface area contributed by atoms with Gasteiger partial charge in [0.05, 0.1) is 5.75 Å². The number of nitrogens with zero attached hydrogens (tertiary/aromatic N) is 1. The van der Waals surface area contributed by atoms with Crippen molar-refractivity contribution in [2.45, 2.75) is 25.3 Å². The van der Waals surface area contributed by atoms with Gasteiger partial charge in [-0.1, -0.05) is 26.0 Å². The summed E-state index contributed by atoms with van der Waals surface area (Å²) in [6.45, 7) is 6.34. The van der Waals surface area contributed by atoms with E-state index in [-0.39, 0.29) is 5.91 Å². The fourth-order valence-electron chi connectivity index (χ4n) is 1.48.